The Morgan fingerprint density at radius 3 is 2.49 bits per heavy atom. The van der Waals surface area contributed by atoms with Crippen molar-refractivity contribution in [3.8, 4) is 0 Å². The average molecular weight is 511 g/mol. The lowest BCUT2D eigenvalue weighted by molar-refractivity contribution is -0.143. The predicted octanol–water partition coefficient (Wildman–Crippen LogP) is 6.75. The minimum absolute atomic E-state index is 0.154. The highest BCUT2D eigenvalue weighted by atomic mass is 16.5. The van der Waals surface area contributed by atoms with Crippen molar-refractivity contribution >= 4 is 18.0 Å². The minimum atomic E-state index is -0.462. The quantitative estimate of drug-likeness (QED) is 0.165. The summed E-state index contributed by atoms with van der Waals surface area (Å²) in [5, 5.41) is 0. The molecule has 2 aliphatic rings. The first-order valence-corrected chi connectivity index (χ1v) is 13.6. The van der Waals surface area contributed by atoms with E-state index in [4.69, 9.17) is 9.47 Å². The summed E-state index contributed by atoms with van der Waals surface area (Å²) in [6.45, 7) is 16.2. The molecular formula is C32H46O5. The molecule has 204 valence electrons. The Morgan fingerprint density at radius 2 is 1.81 bits per heavy atom. The molecule has 1 saturated heterocycles. The maximum Gasteiger partial charge on any atom is 0.331 e. The van der Waals surface area contributed by atoms with Crippen LogP contribution in [0, 0.1) is 29.6 Å². The van der Waals surface area contributed by atoms with Crippen LogP contribution in [0.4, 0.5) is 0 Å². The maximum atomic E-state index is 13.1. The van der Waals surface area contributed by atoms with E-state index < -0.39 is 5.60 Å². The Labute approximate surface area is 223 Å². The Bertz CT molecular complexity index is 968. The van der Waals surface area contributed by atoms with Gasteiger partial charge in [0.2, 0.25) is 0 Å². The largest absolute Gasteiger partial charge is 0.454 e. The van der Waals surface area contributed by atoms with Crippen LogP contribution in [-0.4, -0.2) is 35.8 Å². The summed E-state index contributed by atoms with van der Waals surface area (Å²) in [5.41, 5.74) is 1.73. The number of Topliss-reactive ketones (excluding diaryl/α,β-unsaturated/α-hetero) is 1. The van der Waals surface area contributed by atoms with Crippen LogP contribution in [0.1, 0.15) is 74.7 Å². The highest BCUT2D eigenvalue weighted by Gasteiger charge is 2.45. The molecule has 2 rings (SSSR count). The van der Waals surface area contributed by atoms with Gasteiger partial charge in [0.15, 0.2) is 0 Å². The first-order chi connectivity index (χ1) is 17.3. The number of ketones is 1. The summed E-state index contributed by atoms with van der Waals surface area (Å²) >= 11 is 0. The molecule has 0 aromatic heterocycles. The predicted molar refractivity (Wildman–Crippen MR) is 149 cm³/mol. The van der Waals surface area contributed by atoms with E-state index in [1.54, 1.807) is 0 Å². The molecule has 0 radical (unpaired) electrons. The minimum Gasteiger partial charge on any atom is -0.454 e. The van der Waals surface area contributed by atoms with Crippen molar-refractivity contribution in [2.24, 2.45) is 29.6 Å². The van der Waals surface area contributed by atoms with E-state index in [2.05, 4.69) is 39.0 Å². The second-order valence-electron chi connectivity index (χ2n) is 11.5. The number of carbonyl (C=O) groups excluding carboxylic acids is 3. The fourth-order valence-electron chi connectivity index (χ4n) is 5.42. The third-order valence-corrected chi connectivity index (χ3v) is 7.44. The van der Waals surface area contributed by atoms with Gasteiger partial charge in [-0.1, -0.05) is 82.2 Å². The smallest absolute Gasteiger partial charge is 0.331 e. The summed E-state index contributed by atoms with van der Waals surface area (Å²) in [5.74, 6) is 0.222. The van der Waals surface area contributed by atoms with Crippen molar-refractivity contribution < 1.29 is 23.9 Å². The first kappa shape index (κ1) is 30.7. The highest BCUT2D eigenvalue weighted by molar-refractivity contribution is 5.85. The standard InChI is InChI=1S/C32H46O5/c1-21(18-23(3)12-14-28-24(4)13-15-29(34)36-28)10-9-11-22(2)19-25(5)30(35)27(7)31-26(6)20-32(8,37-31)16-17-33/h9,11-15,17-19,21,24-28,31H,10,16,20H2,1-8H3. The number of hydrogen-bond acceptors (Lipinski definition) is 5. The number of rotatable bonds is 12. The van der Waals surface area contributed by atoms with Crippen molar-refractivity contribution in [1.82, 2.24) is 0 Å². The van der Waals surface area contributed by atoms with Crippen LogP contribution in [0.5, 0.6) is 0 Å². The molecule has 0 aliphatic carbocycles. The van der Waals surface area contributed by atoms with Crippen LogP contribution in [-0.2, 0) is 23.9 Å². The number of carbonyl (C=O) groups is 3. The number of aldehydes is 1. The number of esters is 1. The van der Waals surface area contributed by atoms with E-state index in [0.29, 0.717) is 12.3 Å². The van der Waals surface area contributed by atoms with Crippen LogP contribution >= 0.6 is 0 Å². The van der Waals surface area contributed by atoms with Gasteiger partial charge in [-0.25, -0.2) is 4.79 Å². The zero-order valence-corrected chi connectivity index (χ0v) is 23.9. The lowest BCUT2D eigenvalue weighted by Gasteiger charge is -2.26. The first-order valence-electron chi connectivity index (χ1n) is 13.6. The molecule has 1 fully saturated rings. The van der Waals surface area contributed by atoms with Gasteiger partial charge >= 0.3 is 5.97 Å². The molecule has 8 unspecified atom stereocenters. The van der Waals surface area contributed by atoms with Gasteiger partial charge in [-0.2, -0.15) is 0 Å². The number of hydrogen-bond donors (Lipinski definition) is 0. The molecule has 0 amide bonds. The van der Waals surface area contributed by atoms with Crippen molar-refractivity contribution in [1.29, 1.82) is 0 Å². The van der Waals surface area contributed by atoms with E-state index in [-0.39, 0.29) is 47.6 Å². The van der Waals surface area contributed by atoms with Crippen molar-refractivity contribution in [3.63, 3.8) is 0 Å². The molecule has 37 heavy (non-hydrogen) atoms. The number of allylic oxidation sites excluding steroid dienone is 7. The van der Waals surface area contributed by atoms with Gasteiger partial charge in [-0.3, -0.25) is 4.79 Å². The monoisotopic (exact) mass is 510 g/mol. The van der Waals surface area contributed by atoms with E-state index in [1.807, 2.05) is 58.9 Å². The van der Waals surface area contributed by atoms with Crippen LogP contribution in [0.15, 0.2) is 59.8 Å². The zero-order chi connectivity index (χ0) is 27.8. The van der Waals surface area contributed by atoms with Crippen LogP contribution in [0.3, 0.4) is 0 Å². The molecule has 5 heteroatoms. The van der Waals surface area contributed by atoms with E-state index in [9.17, 15) is 14.4 Å². The topological polar surface area (TPSA) is 69.7 Å². The lowest BCUT2D eigenvalue weighted by atomic mass is 9.83. The SMILES string of the molecule is CC(C=CC1OC(=O)C=CC1C)=CC(C)CC=CC(C)=CC(C)C(=O)C(C)C1OC(C)(CC=O)CC1C. The fraction of sp³-hybridized carbons (Fsp3) is 0.594. The molecule has 8 atom stereocenters. The van der Waals surface area contributed by atoms with Crippen molar-refractivity contribution in [3.05, 3.63) is 59.8 Å². The van der Waals surface area contributed by atoms with Crippen LogP contribution < -0.4 is 0 Å². The lowest BCUT2D eigenvalue weighted by Crippen LogP contribution is -2.34. The zero-order valence-electron chi connectivity index (χ0n) is 23.9. The van der Waals surface area contributed by atoms with Gasteiger partial charge in [0.05, 0.1) is 11.7 Å². The molecule has 5 nitrogen and oxygen atoms in total. The summed E-state index contributed by atoms with van der Waals surface area (Å²) in [6, 6.07) is 0. The van der Waals surface area contributed by atoms with Crippen LogP contribution in [0.25, 0.3) is 0 Å². The molecule has 2 aliphatic heterocycles. The molecule has 2 heterocycles. The van der Waals surface area contributed by atoms with Crippen molar-refractivity contribution in [2.75, 3.05) is 0 Å². The fourth-order valence-corrected chi connectivity index (χ4v) is 5.42. The third-order valence-electron chi connectivity index (χ3n) is 7.44. The van der Waals surface area contributed by atoms with E-state index in [0.717, 1.165) is 30.3 Å². The van der Waals surface area contributed by atoms with Gasteiger partial charge in [0, 0.05) is 30.3 Å². The van der Waals surface area contributed by atoms with Crippen LogP contribution in [0.2, 0.25) is 0 Å². The Kier molecular flexibility index (Phi) is 11.5. The molecule has 0 aromatic rings. The summed E-state index contributed by atoms with van der Waals surface area (Å²) < 4.78 is 11.6. The average Bonchev–Trinajstić information content (AvgIpc) is 3.12. The summed E-state index contributed by atoms with van der Waals surface area (Å²) in [4.78, 5) is 35.6. The van der Waals surface area contributed by atoms with Gasteiger partial charge < -0.3 is 14.3 Å². The van der Waals surface area contributed by atoms with Gasteiger partial charge in [-0.05, 0) is 51.5 Å². The van der Waals surface area contributed by atoms with Crippen molar-refractivity contribution in [2.45, 2.75) is 92.5 Å². The normalized spacial score (nSPS) is 31.5. The summed E-state index contributed by atoms with van der Waals surface area (Å²) in [7, 11) is 0. The van der Waals surface area contributed by atoms with E-state index >= 15 is 0 Å². The van der Waals surface area contributed by atoms with Gasteiger partial charge in [0.25, 0.3) is 0 Å². The third kappa shape index (κ3) is 9.37. The second kappa shape index (κ2) is 13.9. The number of ether oxygens (including phenoxy) is 2. The Morgan fingerprint density at radius 1 is 1.14 bits per heavy atom. The molecule has 0 N–H and O–H groups in total. The molecular weight excluding hydrogens is 464 g/mol. The van der Waals surface area contributed by atoms with Gasteiger partial charge in [0.1, 0.15) is 18.2 Å². The number of cyclic esters (lactones) is 1. The Balaban J connectivity index is 1.88. The molecule has 0 spiro atoms. The van der Waals surface area contributed by atoms with Gasteiger partial charge in [-0.15, -0.1) is 0 Å². The Hall–Kier alpha value is -2.53. The van der Waals surface area contributed by atoms with E-state index in [1.165, 1.54) is 6.08 Å². The molecule has 0 bridgehead atoms. The molecule has 0 saturated carbocycles. The molecule has 0 aromatic carbocycles. The highest BCUT2D eigenvalue weighted by Crippen LogP contribution is 2.40. The maximum absolute atomic E-state index is 13.1. The second-order valence-corrected chi connectivity index (χ2v) is 11.5. The summed E-state index contributed by atoms with van der Waals surface area (Å²) in [6.07, 6.45) is 18.4.